The van der Waals surface area contributed by atoms with E-state index in [2.05, 4.69) is 27.9 Å². The van der Waals surface area contributed by atoms with E-state index in [-0.39, 0.29) is 5.91 Å². The lowest BCUT2D eigenvalue weighted by Crippen LogP contribution is -2.11. The maximum Gasteiger partial charge on any atom is 0.291 e. The van der Waals surface area contributed by atoms with E-state index >= 15 is 0 Å². The summed E-state index contributed by atoms with van der Waals surface area (Å²) < 4.78 is 6.77. The summed E-state index contributed by atoms with van der Waals surface area (Å²) in [5, 5.41) is 3.82. The number of rotatable bonds is 2. The minimum Gasteiger partial charge on any atom is -0.451 e. The third-order valence-corrected chi connectivity index (χ3v) is 3.87. The molecule has 3 aromatic rings. The quantitative estimate of drug-likeness (QED) is 0.664. The number of halogens is 1. The number of hydrogen-bond acceptors (Lipinski definition) is 2. The van der Waals surface area contributed by atoms with Crippen LogP contribution in [0.15, 0.2) is 52.9 Å². The zero-order valence-corrected chi connectivity index (χ0v) is 13.0. The Kier molecular flexibility index (Phi) is 3.48. The van der Waals surface area contributed by atoms with Crippen LogP contribution in [0.2, 0.25) is 0 Å². The highest BCUT2D eigenvalue weighted by molar-refractivity contribution is 14.1. The van der Waals surface area contributed by atoms with Crippen LogP contribution in [0.5, 0.6) is 0 Å². The maximum atomic E-state index is 12.3. The molecule has 0 saturated carbocycles. The first-order chi connectivity index (χ1) is 9.65. The zero-order valence-electron chi connectivity index (χ0n) is 10.8. The predicted molar refractivity (Wildman–Crippen MR) is 88.1 cm³/mol. The highest BCUT2D eigenvalue weighted by atomic mass is 127. The molecule has 0 fully saturated rings. The monoisotopic (exact) mass is 377 g/mol. The van der Waals surface area contributed by atoms with Gasteiger partial charge in [-0.15, -0.1) is 0 Å². The second kappa shape index (κ2) is 5.28. The van der Waals surface area contributed by atoms with Gasteiger partial charge in [-0.3, -0.25) is 4.79 Å². The van der Waals surface area contributed by atoms with Crippen molar-refractivity contribution in [1.82, 2.24) is 0 Å². The summed E-state index contributed by atoms with van der Waals surface area (Å²) in [5.41, 5.74) is 2.36. The molecule has 1 amide bonds. The second-order valence-electron chi connectivity index (χ2n) is 4.51. The normalized spacial score (nSPS) is 10.7. The number of furan rings is 1. The molecule has 0 aliphatic rings. The Bertz CT molecular complexity index is 775. The van der Waals surface area contributed by atoms with Gasteiger partial charge in [-0.2, -0.15) is 0 Å². The highest BCUT2D eigenvalue weighted by Crippen LogP contribution is 2.25. The van der Waals surface area contributed by atoms with Gasteiger partial charge >= 0.3 is 0 Å². The molecule has 1 N–H and O–H groups in total. The van der Waals surface area contributed by atoms with Gasteiger partial charge in [0.1, 0.15) is 5.58 Å². The van der Waals surface area contributed by atoms with Crippen molar-refractivity contribution in [2.24, 2.45) is 0 Å². The van der Waals surface area contributed by atoms with Crippen molar-refractivity contribution in [3.63, 3.8) is 0 Å². The molecule has 1 aromatic heterocycles. The molecule has 0 aliphatic heterocycles. The predicted octanol–water partition coefficient (Wildman–Crippen LogP) is 4.60. The van der Waals surface area contributed by atoms with E-state index in [4.69, 9.17) is 4.42 Å². The van der Waals surface area contributed by atoms with E-state index in [0.717, 1.165) is 25.8 Å². The van der Waals surface area contributed by atoms with Crippen LogP contribution in [0.3, 0.4) is 0 Å². The standard InChI is InChI=1S/C16H12INO2/c1-10-13-4-2-3-5-14(13)20-15(10)16(19)18-12-8-6-11(17)7-9-12/h2-9H,1H3,(H,18,19). The Balaban J connectivity index is 1.92. The van der Waals surface area contributed by atoms with Gasteiger partial charge in [-0.05, 0) is 59.8 Å². The van der Waals surface area contributed by atoms with Gasteiger partial charge in [0.2, 0.25) is 0 Å². The third-order valence-electron chi connectivity index (χ3n) is 3.15. The molecule has 0 unspecified atom stereocenters. The Morgan fingerprint density at radius 3 is 2.50 bits per heavy atom. The summed E-state index contributed by atoms with van der Waals surface area (Å²) in [6.45, 7) is 1.90. The average molecular weight is 377 g/mol. The number of fused-ring (bicyclic) bond motifs is 1. The molecule has 20 heavy (non-hydrogen) atoms. The van der Waals surface area contributed by atoms with Crippen LogP contribution in [0.1, 0.15) is 16.1 Å². The zero-order chi connectivity index (χ0) is 14.1. The summed E-state index contributed by atoms with van der Waals surface area (Å²) in [7, 11) is 0. The fourth-order valence-electron chi connectivity index (χ4n) is 2.11. The van der Waals surface area contributed by atoms with E-state index in [1.807, 2.05) is 55.5 Å². The van der Waals surface area contributed by atoms with Crippen LogP contribution in [-0.2, 0) is 0 Å². The molecule has 0 bridgehead atoms. The Hall–Kier alpha value is -1.82. The van der Waals surface area contributed by atoms with Gasteiger partial charge in [0, 0.05) is 20.2 Å². The van der Waals surface area contributed by atoms with Gasteiger partial charge in [0.15, 0.2) is 5.76 Å². The lowest BCUT2D eigenvalue weighted by atomic mass is 10.1. The molecule has 0 atom stereocenters. The van der Waals surface area contributed by atoms with Crippen LogP contribution in [0, 0.1) is 10.5 Å². The Morgan fingerprint density at radius 2 is 1.80 bits per heavy atom. The van der Waals surface area contributed by atoms with Gasteiger partial charge in [-0.1, -0.05) is 18.2 Å². The number of carbonyl (C=O) groups excluding carboxylic acids is 1. The number of para-hydroxylation sites is 1. The molecule has 3 nitrogen and oxygen atoms in total. The van der Waals surface area contributed by atoms with Gasteiger partial charge in [0.05, 0.1) is 0 Å². The van der Waals surface area contributed by atoms with Crippen LogP contribution in [0.25, 0.3) is 11.0 Å². The van der Waals surface area contributed by atoms with Crippen molar-refractivity contribution in [2.45, 2.75) is 6.92 Å². The summed E-state index contributed by atoms with van der Waals surface area (Å²) in [4.78, 5) is 12.3. The first-order valence-electron chi connectivity index (χ1n) is 6.20. The number of nitrogens with one attached hydrogen (secondary N) is 1. The Morgan fingerprint density at radius 1 is 1.10 bits per heavy atom. The highest BCUT2D eigenvalue weighted by Gasteiger charge is 2.17. The molecule has 2 aromatic carbocycles. The van der Waals surface area contributed by atoms with Crippen molar-refractivity contribution in [1.29, 1.82) is 0 Å². The molecular formula is C16H12INO2. The summed E-state index contributed by atoms with van der Waals surface area (Å²) >= 11 is 2.23. The SMILES string of the molecule is Cc1c(C(=O)Nc2ccc(I)cc2)oc2ccccc12. The molecular weight excluding hydrogens is 365 g/mol. The number of hydrogen-bond donors (Lipinski definition) is 1. The number of anilines is 1. The molecule has 4 heteroatoms. The van der Waals surface area contributed by atoms with Gasteiger partial charge < -0.3 is 9.73 Å². The van der Waals surface area contributed by atoms with Crippen molar-refractivity contribution >= 4 is 45.2 Å². The lowest BCUT2D eigenvalue weighted by molar-refractivity contribution is 0.0998. The van der Waals surface area contributed by atoms with E-state index in [9.17, 15) is 4.79 Å². The maximum absolute atomic E-state index is 12.3. The van der Waals surface area contributed by atoms with Crippen molar-refractivity contribution in [3.8, 4) is 0 Å². The molecule has 0 aliphatic carbocycles. The fraction of sp³-hybridized carbons (Fsp3) is 0.0625. The molecule has 0 radical (unpaired) electrons. The van der Waals surface area contributed by atoms with E-state index < -0.39 is 0 Å². The summed E-state index contributed by atoms with van der Waals surface area (Å²) in [6, 6.07) is 15.3. The topological polar surface area (TPSA) is 42.2 Å². The van der Waals surface area contributed by atoms with E-state index in [0.29, 0.717) is 5.76 Å². The van der Waals surface area contributed by atoms with Crippen molar-refractivity contribution in [3.05, 3.63) is 63.4 Å². The second-order valence-corrected chi connectivity index (χ2v) is 5.76. The van der Waals surface area contributed by atoms with E-state index in [1.54, 1.807) is 0 Å². The first-order valence-corrected chi connectivity index (χ1v) is 7.28. The van der Waals surface area contributed by atoms with Crippen molar-refractivity contribution < 1.29 is 9.21 Å². The van der Waals surface area contributed by atoms with Crippen LogP contribution in [-0.4, -0.2) is 5.91 Å². The summed E-state index contributed by atoms with van der Waals surface area (Å²) in [6.07, 6.45) is 0. The van der Waals surface area contributed by atoms with Gasteiger partial charge in [0.25, 0.3) is 5.91 Å². The minimum absolute atomic E-state index is 0.222. The van der Waals surface area contributed by atoms with Crippen LogP contribution < -0.4 is 5.32 Å². The third kappa shape index (κ3) is 2.43. The fourth-order valence-corrected chi connectivity index (χ4v) is 2.47. The lowest BCUT2D eigenvalue weighted by Gasteiger charge is -2.03. The Labute approximate surface area is 130 Å². The van der Waals surface area contributed by atoms with Crippen LogP contribution in [0.4, 0.5) is 5.69 Å². The number of carbonyl (C=O) groups is 1. The molecule has 3 rings (SSSR count). The molecule has 100 valence electrons. The van der Waals surface area contributed by atoms with Crippen LogP contribution >= 0.6 is 22.6 Å². The number of aryl methyl sites for hydroxylation is 1. The van der Waals surface area contributed by atoms with Crippen molar-refractivity contribution in [2.75, 3.05) is 5.32 Å². The van der Waals surface area contributed by atoms with E-state index in [1.165, 1.54) is 0 Å². The smallest absolute Gasteiger partial charge is 0.291 e. The minimum atomic E-state index is -0.222. The first kappa shape index (κ1) is 13.2. The molecule has 1 heterocycles. The largest absolute Gasteiger partial charge is 0.451 e. The molecule has 0 saturated heterocycles. The van der Waals surface area contributed by atoms with Gasteiger partial charge in [-0.25, -0.2) is 0 Å². The average Bonchev–Trinajstić information content (AvgIpc) is 2.79. The number of amides is 1. The number of benzene rings is 2. The molecule has 0 spiro atoms. The summed E-state index contributed by atoms with van der Waals surface area (Å²) in [5.74, 6) is 0.143.